The number of piperidine rings is 1. The molecule has 29 heavy (non-hydrogen) atoms. The Bertz CT molecular complexity index is 1070. The van der Waals surface area contributed by atoms with Gasteiger partial charge in [-0.3, -0.25) is 0 Å². The summed E-state index contributed by atoms with van der Waals surface area (Å²) in [7, 11) is -0.259. The number of methoxy groups -OCH3 is 2. The minimum atomic E-state index is -3.42. The highest BCUT2D eigenvalue weighted by Crippen LogP contribution is 2.35. The fraction of sp³-hybridized carbons (Fsp3) is 0.368. The minimum Gasteiger partial charge on any atom is -0.497 e. The van der Waals surface area contributed by atoms with Crippen LogP contribution in [0.15, 0.2) is 44.4 Å². The number of nitrogens with zero attached hydrogens (tertiary/aromatic N) is 3. The van der Waals surface area contributed by atoms with Crippen molar-refractivity contribution in [3.8, 4) is 22.9 Å². The van der Waals surface area contributed by atoms with Gasteiger partial charge in [-0.15, -0.1) is 11.3 Å². The van der Waals surface area contributed by atoms with Gasteiger partial charge in [0, 0.05) is 25.1 Å². The van der Waals surface area contributed by atoms with Crippen molar-refractivity contribution < 1.29 is 22.4 Å². The third-order valence-corrected chi connectivity index (χ3v) is 8.26. The van der Waals surface area contributed by atoms with Gasteiger partial charge in [0.25, 0.3) is 10.0 Å². The Hall–Kier alpha value is -2.43. The second-order valence-electron chi connectivity index (χ2n) is 6.63. The molecule has 0 unspecified atom stereocenters. The van der Waals surface area contributed by atoms with E-state index in [-0.39, 0.29) is 5.92 Å². The molecule has 0 bridgehead atoms. The minimum absolute atomic E-state index is 0.0234. The first kappa shape index (κ1) is 19.9. The maximum Gasteiger partial charge on any atom is 0.252 e. The third-order valence-electron chi connectivity index (χ3n) is 4.98. The number of aromatic nitrogens is 2. The normalized spacial score (nSPS) is 16.1. The number of rotatable bonds is 6. The lowest BCUT2D eigenvalue weighted by molar-refractivity contribution is 0.271. The second kappa shape index (κ2) is 8.13. The van der Waals surface area contributed by atoms with Gasteiger partial charge >= 0.3 is 0 Å². The summed E-state index contributed by atoms with van der Waals surface area (Å²) < 4.78 is 43.4. The molecule has 1 saturated heterocycles. The van der Waals surface area contributed by atoms with Gasteiger partial charge in [0.05, 0.1) is 19.8 Å². The lowest BCUT2D eigenvalue weighted by Crippen LogP contribution is -2.37. The molecule has 1 fully saturated rings. The van der Waals surface area contributed by atoms with Crippen LogP contribution in [-0.2, 0) is 10.0 Å². The molecule has 1 aliphatic rings. The molecule has 8 nitrogen and oxygen atoms in total. The Morgan fingerprint density at radius 3 is 2.62 bits per heavy atom. The van der Waals surface area contributed by atoms with E-state index >= 15 is 0 Å². The number of hydrogen-bond acceptors (Lipinski definition) is 8. The Kier molecular flexibility index (Phi) is 5.57. The van der Waals surface area contributed by atoms with Gasteiger partial charge in [0.2, 0.25) is 11.7 Å². The molecule has 0 amide bonds. The number of sulfonamides is 1. The maximum absolute atomic E-state index is 12.7. The molecular formula is C19H21N3O5S2. The molecule has 1 aromatic carbocycles. The molecule has 0 saturated carbocycles. The van der Waals surface area contributed by atoms with Crippen LogP contribution in [0.1, 0.15) is 24.7 Å². The molecule has 2 aromatic heterocycles. The van der Waals surface area contributed by atoms with E-state index in [4.69, 9.17) is 14.0 Å². The van der Waals surface area contributed by atoms with Gasteiger partial charge in [0.15, 0.2) is 0 Å². The standard InChI is InChI=1S/C19H21N3O5S2/c1-25-14-5-6-15(16(12-14)26-2)18-20-19(27-21-18)13-7-9-22(10-8-13)29(23,24)17-4-3-11-28-17/h3-6,11-13H,7-10H2,1-2H3. The van der Waals surface area contributed by atoms with E-state index in [1.54, 1.807) is 37.8 Å². The third kappa shape index (κ3) is 3.87. The van der Waals surface area contributed by atoms with Crippen LogP contribution in [0.3, 0.4) is 0 Å². The van der Waals surface area contributed by atoms with Crippen LogP contribution in [0, 0.1) is 0 Å². The molecule has 4 rings (SSSR count). The van der Waals surface area contributed by atoms with Crippen LogP contribution in [0.2, 0.25) is 0 Å². The quantitative estimate of drug-likeness (QED) is 0.586. The topological polar surface area (TPSA) is 94.8 Å². The van der Waals surface area contributed by atoms with Crippen LogP contribution >= 0.6 is 11.3 Å². The summed E-state index contributed by atoms with van der Waals surface area (Å²) in [5, 5.41) is 5.87. The van der Waals surface area contributed by atoms with Crippen molar-refractivity contribution in [1.82, 2.24) is 14.4 Å². The van der Waals surface area contributed by atoms with Crippen LogP contribution in [-0.4, -0.2) is 50.2 Å². The number of hydrogen-bond donors (Lipinski definition) is 0. The van der Waals surface area contributed by atoms with Crippen LogP contribution in [0.25, 0.3) is 11.4 Å². The van der Waals surface area contributed by atoms with Gasteiger partial charge in [-0.25, -0.2) is 8.42 Å². The first-order valence-corrected chi connectivity index (χ1v) is 11.4. The van der Waals surface area contributed by atoms with Crippen LogP contribution in [0.5, 0.6) is 11.5 Å². The highest BCUT2D eigenvalue weighted by Gasteiger charge is 2.32. The SMILES string of the molecule is COc1ccc(-c2noc(C3CCN(S(=O)(=O)c4cccs4)CC3)n2)c(OC)c1. The fourth-order valence-electron chi connectivity index (χ4n) is 3.37. The molecular weight excluding hydrogens is 414 g/mol. The Labute approximate surface area is 173 Å². The molecule has 3 aromatic rings. The predicted octanol–water partition coefficient (Wildman–Crippen LogP) is 3.38. The van der Waals surface area contributed by atoms with Crippen molar-refractivity contribution in [2.45, 2.75) is 23.0 Å². The summed E-state index contributed by atoms with van der Waals surface area (Å²) in [6.07, 6.45) is 1.26. The van der Waals surface area contributed by atoms with Gasteiger partial charge in [-0.1, -0.05) is 11.2 Å². The van der Waals surface area contributed by atoms with E-state index in [9.17, 15) is 8.42 Å². The van der Waals surface area contributed by atoms with Crippen molar-refractivity contribution in [2.75, 3.05) is 27.3 Å². The van der Waals surface area contributed by atoms with Crippen molar-refractivity contribution >= 4 is 21.4 Å². The van der Waals surface area contributed by atoms with Crippen molar-refractivity contribution in [1.29, 1.82) is 0 Å². The molecule has 0 atom stereocenters. The van der Waals surface area contributed by atoms with E-state index < -0.39 is 10.0 Å². The number of ether oxygens (including phenoxy) is 2. The van der Waals surface area contributed by atoms with Gasteiger partial charge < -0.3 is 14.0 Å². The smallest absolute Gasteiger partial charge is 0.252 e. The monoisotopic (exact) mass is 435 g/mol. The Morgan fingerprint density at radius 2 is 1.97 bits per heavy atom. The van der Waals surface area contributed by atoms with E-state index in [0.29, 0.717) is 58.9 Å². The summed E-state index contributed by atoms with van der Waals surface area (Å²) in [4.78, 5) is 4.54. The lowest BCUT2D eigenvalue weighted by Gasteiger charge is -2.29. The number of thiophene rings is 1. The summed E-state index contributed by atoms with van der Waals surface area (Å²) in [6.45, 7) is 0.850. The molecule has 10 heteroatoms. The van der Waals surface area contributed by atoms with Crippen LogP contribution < -0.4 is 9.47 Å². The average Bonchev–Trinajstić information content (AvgIpc) is 3.46. The summed E-state index contributed by atoms with van der Waals surface area (Å²) in [5.41, 5.74) is 0.709. The number of benzene rings is 1. The zero-order valence-corrected chi connectivity index (χ0v) is 17.7. The highest BCUT2D eigenvalue weighted by molar-refractivity contribution is 7.91. The zero-order valence-electron chi connectivity index (χ0n) is 16.1. The van der Waals surface area contributed by atoms with Crippen molar-refractivity contribution in [3.63, 3.8) is 0 Å². The Balaban J connectivity index is 1.48. The zero-order chi connectivity index (χ0) is 20.4. The largest absolute Gasteiger partial charge is 0.497 e. The van der Waals surface area contributed by atoms with Crippen LogP contribution in [0.4, 0.5) is 0 Å². The molecule has 0 aliphatic carbocycles. The maximum atomic E-state index is 12.7. The van der Waals surface area contributed by atoms with Crippen molar-refractivity contribution in [3.05, 3.63) is 41.6 Å². The van der Waals surface area contributed by atoms with E-state index in [1.165, 1.54) is 15.6 Å². The summed E-state index contributed by atoms with van der Waals surface area (Å²) in [5.74, 6) is 2.25. The fourth-order valence-corrected chi connectivity index (χ4v) is 5.99. The van der Waals surface area contributed by atoms with Gasteiger partial charge in [-0.2, -0.15) is 9.29 Å². The first-order valence-electron chi connectivity index (χ1n) is 9.12. The predicted molar refractivity (Wildman–Crippen MR) is 108 cm³/mol. The average molecular weight is 436 g/mol. The molecule has 0 N–H and O–H groups in total. The van der Waals surface area contributed by atoms with E-state index in [1.807, 2.05) is 12.1 Å². The Morgan fingerprint density at radius 1 is 1.17 bits per heavy atom. The molecule has 154 valence electrons. The van der Waals surface area contributed by atoms with Crippen molar-refractivity contribution in [2.24, 2.45) is 0 Å². The lowest BCUT2D eigenvalue weighted by atomic mass is 9.98. The second-order valence-corrected chi connectivity index (χ2v) is 9.75. The van der Waals surface area contributed by atoms with Gasteiger partial charge in [-0.05, 0) is 36.4 Å². The van der Waals surface area contributed by atoms with E-state index in [0.717, 1.165) is 0 Å². The summed E-state index contributed by atoms with van der Waals surface area (Å²) in [6, 6.07) is 8.78. The molecule has 3 heterocycles. The molecule has 0 radical (unpaired) electrons. The van der Waals surface area contributed by atoms with Gasteiger partial charge in [0.1, 0.15) is 15.7 Å². The highest BCUT2D eigenvalue weighted by atomic mass is 32.2. The summed E-state index contributed by atoms with van der Waals surface area (Å²) >= 11 is 1.24. The first-order chi connectivity index (χ1) is 14.0. The van der Waals surface area contributed by atoms with E-state index in [2.05, 4.69) is 10.1 Å². The molecule has 0 spiro atoms. The molecule has 1 aliphatic heterocycles.